The van der Waals surface area contributed by atoms with Gasteiger partial charge in [0.05, 0.1) is 13.2 Å². The van der Waals surface area contributed by atoms with E-state index in [0.717, 1.165) is 5.75 Å². The lowest BCUT2D eigenvalue weighted by Gasteiger charge is -2.22. The maximum absolute atomic E-state index is 12.2. The van der Waals surface area contributed by atoms with E-state index in [2.05, 4.69) is 0 Å². The molecule has 1 saturated heterocycles. The Morgan fingerprint density at radius 1 is 1.22 bits per heavy atom. The lowest BCUT2D eigenvalue weighted by molar-refractivity contribution is -0.131. The van der Waals surface area contributed by atoms with Crippen molar-refractivity contribution in [2.75, 3.05) is 20.2 Å². The SMILES string of the molecule is COc1cccc(O[C@H]2CCN(C(=O)CC3CC3)CC[C@@H]2O)c1. The average molecular weight is 319 g/mol. The van der Waals surface area contributed by atoms with Crippen LogP contribution in [0.2, 0.25) is 0 Å². The van der Waals surface area contributed by atoms with Crippen molar-refractivity contribution in [1.82, 2.24) is 4.90 Å². The molecule has 2 aliphatic rings. The lowest BCUT2D eigenvalue weighted by Crippen LogP contribution is -2.32. The van der Waals surface area contributed by atoms with E-state index in [-0.39, 0.29) is 12.0 Å². The second-order valence-corrected chi connectivity index (χ2v) is 6.51. The molecule has 1 aliphatic heterocycles. The van der Waals surface area contributed by atoms with Gasteiger partial charge in [-0.2, -0.15) is 0 Å². The van der Waals surface area contributed by atoms with Gasteiger partial charge in [0.1, 0.15) is 17.6 Å². The molecule has 1 saturated carbocycles. The number of hydrogen-bond acceptors (Lipinski definition) is 4. The molecule has 1 heterocycles. The molecule has 0 spiro atoms. The minimum Gasteiger partial charge on any atom is -0.497 e. The first-order valence-electron chi connectivity index (χ1n) is 8.42. The number of likely N-dealkylation sites (tertiary alicyclic amines) is 1. The molecule has 1 amide bonds. The lowest BCUT2D eigenvalue weighted by atomic mass is 10.1. The van der Waals surface area contributed by atoms with E-state index < -0.39 is 6.10 Å². The quantitative estimate of drug-likeness (QED) is 0.904. The molecule has 0 unspecified atom stereocenters. The van der Waals surface area contributed by atoms with Gasteiger partial charge >= 0.3 is 0 Å². The maximum Gasteiger partial charge on any atom is 0.222 e. The van der Waals surface area contributed by atoms with Gasteiger partial charge in [0, 0.05) is 32.0 Å². The fourth-order valence-electron chi connectivity index (χ4n) is 3.00. The summed E-state index contributed by atoms with van der Waals surface area (Å²) >= 11 is 0. The van der Waals surface area contributed by atoms with E-state index in [9.17, 15) is 9.90 Å². The summed E-state index contributed by atoms with van der Waals surface area (Å²) in [6.07, 6.45) is 3.39. The zero-order valence-corrected chi connectivity index (χ0v) is 13.6. The molecule has 5 heteroatoms. The number of rotatable bonds is 5. The Bertz CT molecular complexity index is 544. The number of methoxy groups -OCH3 is 1. The number of carbonyl (C=O) groups is 1. The summed E-state index contributed by atoms with van der Waals surface area (Å²) in [4.78, 5) is 14.1. The minimum absolute atomic E-state index is 0.224. The fraction of sp³-hybridized carbons (Fsp3) is 0.611. The number of nitrogens with zero attached hydrogens (tertiary/aromatic N) is 1. The van der Waals surface area contributed by atoms with Crippen LogP contribution in [0.4, 0.5) is 0 Å². The van der Waals surface area contributed by atoms with Gasteiger partial charge in [0.15, 0.2) is 0 Å². The van der Waals surface area contributed by atoms with E-state index in [1.807, 2.05) is 29.2 Å². The molecule has 5 nitrogen and oxygen atoms in total. The molecule has 2 atom stereocenters. The standard InChI is InChI=1S/C18H25NO4/c1-22-14-3-2-4-15(12-14)23-17-8-10-19(9-7-16(17)20)18(21)11-13-5-6-13/h2-4,12-13,16-17,20H,5-11H2,1H3/t16-,17-/m0/s1. The molecule has 1 aromatic carbocycles. The van der Waals surface area contributed by atoms with Gasteiger partial charge < -0.3 is 19.5 Å². The minimum atomic E-state index is -0.556. The first-order chi connectivity index (χ1) is 11.2. The number of carbonyl (C=O) groups excluding carboxylic acids is 1. The summed E-state index contributed by atoms with van der Waals surface area (Å²) in [6, 6.07) is 7.39. The van der Waals surface area contributed by atoms with Gasteiger partial charge in [-0.05, 0) is 37.3 Å². The molecule has 126 valence electrons. The molecule has 0 aromatic heterocycles. The predicted octanol–water partition coefficient (Wildman–Crippen LogP) is 2.23. The maximum atomic E-state index is 12.2. The van der Waals surface area contributed by atoms with Crippen molar-refractivity contribution in [3.05, 3.63) is 24.3 Å². The Labute approximate surface area is 137 Å². The smallest absolute Gasteiger partial charge is 0.222 e. The molecule has 1 aromatic rings. The van der Waals surface area contributed by atoms with E-state index in [1.165, 1.54) is 12.8 Å². The number of benzene rings is 1. The van der Waals surface area contributed by atoms with Crippen LogP contribution in [0.15, 0.2) is 24.3 Å². The largest absolute Gasteiger partial charge is 0.497 e. The predicted molar refractivity (Wildman–Crippen MR) is 86.6 cm³/mol. The number of hydrogen-bond donors (Lipinski definition) is 1. The van der Waals surface area contributed by atoms with Crippen LogP contribution in [0.25, 0.3) is 0 Å². The van der Waals surface area contributed by atoms with E-state index in [1.54, 1.807) is 7.11 Å². The van der Waals surface area contributed by atoms with Crippen molar-refractivity contribution in [2.24, 2.45) is 5.92 Å². The summed E-state index contributed by atoms with van der Waals surface area (Å²) in [5, 5.41) is 10.3. The highest BCUT2D eigenvalue weighted by atomic mass is 16.5. The van der Waals surface area contributed by atoms with Gasteiger partial charge in [0.25, 0.3) is 0 Å². The third kappa shape index (κ3) is 4.38. The number of amides is 1. The highest BCUT2D eigenvalue weighted by Crippen LogP contribution is 2.33. The Balaban J connectivity index is 1.58. The summed E-state index contributed by atoms with van der Waals surface area (Å²) in [5.74, 6) is 2.24. The Morgan fingerprint density at radius 2 is 1.96 bits per heavy atom. The summed E-state index contributed by atoms with van der Waals surface area (Å²) < 4.78 is 11.1. The van der Waals surface area contributed by atoms with Crippen LogP contribution in [0.1, 0.15) is 32.1 Å². The second kappa shape index (κ2) is 7.21. The van der Waals surface area contributed by atoms with Crippen molar-refractivity contribution in [2.45, 2.75) is 44.3 Å². The van der Waals surface area contributed by atoms with Crippen LogP contribution >= 0.6 is 0 Å². The normalized spacial score (nSPS) is 24.9. The number of aliphatic hydroxyl groups excluding tert-OH is 1. The topological polar surface area (TPSA) is 59.0 Å². The molecule has 2 fully saturated rings. The van der Waals surface area contributed by atoms with Crippen LogP contribution in [0.3, 0.4) is 0 Å². The number of ether oxygens (including phenoxy) is 2. The molecule has 0 radical (unpaired) electrons. The first kappa shape index (κ1) is 16.1. The summed E-state index contributed by atoms with van der Waals surface area (Å²) in [5.41, 5.74) is 0. The highest BCUT2D eigenvalue weighted by molar-refractivity contribution is 5.76. The van der Waals surface area contributed by atoms with Crippen LogP contribution in [0, 0.1) is 5.92 Å². The Morgan fingerprint density at radius 3 is 2.70 bits per heavy atom. The zero-order valence-electron chi connectivity index (χ0n) is 13.6. The Hall–Kier alpha value is -1.75. The molecular weight excluding hydrogens is 294 g/mol. The fourth-order valence-corrected chi connectivity index (χ4v) is 3.00. The van der Waals surface area contributed by atoms with Crippen LogP contribution in [-0.2, 0) is 4.79 Å². The second-order valence-electron chi connectivity index (χ2n) is 6.51. The Kier molecular flexibility index (Phi) is 5.06. The van der Waals surface area contributed by atoms with Gasteiger partial charge in [-0.25, -0.2) is 0 Å². The van der Waals surface area contributed by atoms with Crippen LogP contribution in [-0.4, -0.2) is 48.3 Å². The molecular formula is C18H25NO4. The average Bonchev–Trinajstić information content (AvgIpc) is 3.38. The van der Waals surface area contributed by atoms with Crippen LogP contribution < -0.4 is 9.47 Å². The molecule has 1 aliphatic carbocycles. The molecule has 0 bridgehead atoms. The van der Waals surface area contributed by atoms with Gasteiger partial charge in [-0.3, -0.25) is 4.79 Å². The van der Waals surface area contributed by atoms with Crippen LogP contribution in [0.5, 0.6) is 11.5 Å². The number of aliphatic hydroxyl groups is 1. The molecule has 3 rings (SSSR count). The molecule has 23 heavy (non-hydrogen) atoms. The van der Waals surface area contributed by atoms with E-state index in [4.69, 9.17) is 9.47 Å². The van der Waals surface area contributed by atoms with Gasteiger partial charge in [-0.15, -0.1) is 0 Å². The highest BCUT2D eigenvalue weighted by Gasteiger charge is 2.31. The first-order valence-corrected chi connectivity index (χ1v) is 8.42. The van der Waals surface area contributed by atoms with Gasteiger partial charge in [0.2, 0.25) is 5.91 Å². The van der Waals surface area contributed by atoms with Crippen molar-refractivity contribution < 1.29 is 19.4 Å². The van der Waals surface area contributed by atoms with Crippen molar-refractivity contribution in [1.29, 1.82) is 0 Å². The van der Waals surface area contributed by atoms with Crippen molar-refractivity contribution >= 4 is 5.91 Å². The van der Waals surface area contributed by atoms with Crippen molar-refractivity contribution in [3.63, 3.8) is 0 Å². The molecule has 1 N–H and O–H groups in total. The summed E-state index contributed by atoms with van der Waals surface area (Å²) in [7, 11) is 1.61. The summed E-state index contributed by atoms with van der Waals surface area (Å²) in [6.45, 7) is 1.27. The monoisotopic (exact) mass is 319 g/mol. The van der Waals surface area contributed by atoms with E-state index >= 15 is 0 Å². The third-order valence-electron chi connectivity index (χ3n) is 4.65. The van der Waals surface area contributed by atoms with Gasteiger partial charge in [-0.1, -0.05) is 6.07 Å². The van der Waals surface area contributed by atoms with E-state index in [0.29, 0.717) is 44.0 Å². The van der Waals surface area contributed by atoms with Crippen molar-refractivity contribution in [3.8, 4) is 11.5 Å². The third-order valence-corrected chi connectivity index (χ3v) is 4.65. The zero-order chi connectivity index (χ0) is 16.2.